The number of amides is 2. The third-order valence-corrected chi connectivity index (χ3v) is 2.74. The summed E-state index contributed by atoms with van der Waals surface area (Å²) in [6, 6.07) is 1.17. The minimum absolute atomic E-state index is 0.0313. The lowest BCUT2D eigenvalue weighted by atomic mass is 9.93. The Morgan fingerprint density at radius 3 is 2.76 bits per heavy atom. The number of hydrogen-bond donors (Lipinski definition) is 3. The Bertz CT molecular complexity index is 443. The monoisotopic (exact) mass is 235 g/mol. The van der Waals surface area contributed by atoms with Crippen LogP contribution in [0.4, 0.5) is 10.5 Å². The van der Waals surface area contributed by atoms with Gasteiger partial charge >= 0.3 is 12.0 Å². The van der Waals surface area contributed by atoms with E-state index in [2.05, 4.69) is 15.6 Å². The topological polar surface area (TPSA) is 91.3 Å². The molecule has 0 aromatic carbocycles. The van der Waals surface area contributed by atoms with Crippen LogP contribution in [0.15, 0.2) is 18.5 Å². The van der Waals surface area contributed by atoms with Crippen molar-refractivity contribution in [3.63, 3.8) is 0 Å². The van der Waals surface area contributed by atoms with Crippen LogP contribution in [0.2, 0.25) is 0 Å². The molecule has 1 aromatic heterocycles. The summed E-state index contributed by atoms with van der Waals surface area (Å²) in [7, 11) is 0. The van der Waals surface area contributed by atoms with Crippen molar-refractivity contribution in [3.05, 3.63) is 24.0 Å². The fraction of sp³-hybridized carbons (Fsp3) is 0.364. The molecule has 17 heavy (non-hydrogen) atoms. The SMILES string of the molecule is O=C(Nc1cnccc1C(=O)O)NC1CCC1. The van der Waals surface area contributed by atoms with Crippen LogP contribution in [-0.2, 0) is 0 Å². The Morgan fingerprint density at radius 1 is 1.41 bits per heavy atom. The zero-order valence-electron chi connectivity index (χ0n) is 9.14. The number of carboxylic acid groups (broad SMARTS) is 1. The zero-order chi connectivity index (χ0) is 12.3. The van der Waals surface area contributed by atoms with E-state index in [9.17, 15) is 9.59 Å². The quantitative estimate of drug-likeness (QED) is 0.739. The summed E-state index contributed by atoms with van der Waals surface area (Å²) >= 11 is 0. The number of carbonyl (C=O) groups is 2. The second-order valence-corrected chi connectivity index (χ2v) is 3.95. The summed E-state index contributed by atoms with van der Waals surface area (Å²) in [5, 5.41) is 14.2. The molecule has 3 N–H and O–H groups in total. The molecular formula is C11H13N3O3. The second-order valence-electron chi connectivity index (χ2n) is 3.95. The molecule has 0 radical (unpaired) electrons. The van der Waals surface area contributed by atoms with Gasteiger partial charge < -0.3 is 15.7 Å². The average molecular weight is 235 g/mol. The molecule has 0 unspecified atom stereocenters. The molecule has 6 nitrogen and oxygen atoms in total. The second kappa shape index (κ2) is 4.82. The number of aromatic nitrogens is 1. The normalized spacial score (nSPS) is 14.8. The van der Waals surface area contributed by atoms with Crippen molar-refractivity contribution < 1.29 is 14.7 Å². The first kappa shape index (κ1) is 11.4. The maximum Gasteiger partial charge on any atom is 0.337 e. The van der Waals surface area contributed by atoms with Gasteiger partial charge in [-0.2, -0.15) is 0 Å². The van der Waals surface area contributed by atoms with Gasteiger partial charge in [0.1, 0.15) is 0 Å². The van der Waals surface area contributed by atoms with Gasteiger partial charge in [0.25, 0.3) is 0 Å². The average Bonchev–Trinajstić information content (AvgIpc) is 2.24. The maximum absolute atomic E-state index is 11.5. The van der Waals surface area contributed by atoms with E-state index in [1.54, 1.807) is 0 Å². The van der Waals surface area contributed by atoms with Gasteiger partial charge in [0.2, 0.25) is 0 Å². The van der Waals surface area contributed by atoms with E-state index in [-0.39, 0.29) is 23.3 Å². The van der Waals surface area contributed by atoms with E-state index in [1.807, 2.05) is 0 Å². The summed E-state index contributed by atoms with van der Waals surface area (Å²) in [6.45, 7) is 0. The van der Waals surface area contributed by atoms with E-state index in [0.29, 0.717) is 0 Å². The summed E-state index contributed by atoms with van der Waals surface area (Å²) in [6.07, 6.45) is 5.78. The summed E-state index contributed by atoms with van der Waals surface area (Å²) in [4.78, 5) is 26.2. The van der Waals surface area contributed by atoms with Crippen LogP contribution in [0.5, 0.6) is 0 Å². The lowest BCUT2D eigenvalue weighted by Crippen LogP contribution is -2.42. The van der Waals surface area contributed by atoms with Gasteiger partial charge in [0.05, 0.1) is 17.4 Å². The predicted molar refractivity (Wildman–Crippen MR) is 61.0 cm³/mol. The van der Waals surface area contributed by atoms with Gasteiger partial charge in [-0.05, 0) is 25.3 Å². The minimum atomic E-state index is -1.09. The standard InChI is InChI=1S/C11H13N3O3/c15-10(16)8-4-5-12-6-9(8)14-11(17)13-7-2-1-3-7/h4-7H,1-3H2,(H,15,16)(H2,13,14,17). The van der Waals surface area contributed by atoms with Crippen LogP contribution >= 0.6 is 0 Å². The molecule has 1 aliphatic rings. The molecule has 0 atom stereocenters. The third-order valence-electron chi connectivity index (χ3n) is 2.74. The molecule has 0 spiro atoms. The van der Waals surface area contributed by atoms with Crippen molar-refractivity contribution in [2.45, 2.75) is 25.3 Å². The van der Waals surface area contributed by atoms with Gasteiger partial charge in [-0.1, -0.05) is 0 Å². The van der Waals surface area contributed by atoms with Crippen molar-refractivity contribution in [1.29, 1.82) is 0 Å². The van der Waals surface area contributed by atoms with Crippen molar-refractivity contribution >= 4 is 17.7 Å². The fourth-order valence-electron chi connectivity index (χ4n) is 1.58. The minimum Gasteiger partial charge on any atom is -0.478 e. The summed E-state index contributed by atoms with van der Waals surface area (Å²) in [5.41, 5.74) is 0.237. The van der Waals surface area contributed by atoms with Crippen LogP contribution < -0.4 is 10.6 Å². The molecule has 1 aromatic rings. The van der Waals surface area contributed by atoms with Crippen molar-refractivity contribution in [2.75, 3.05) is 5.32 Å². The molecule has 90 valence electrons. The smallest absolute Gasteiger partial charge is 0.337 e. The molecule has 1 saturated carbocycles. The number of carbonyl (C=O) groups excluding carboxylic acids is 1. The van der Waals surface area contributed by atoms with Gasteiger partial charge in [0.15, 0.2) is 0 Å². The Kier molecular flexibility index (Phi) is 3.22. The van der Waals surface area contributed by atoms with Crippen molar-refractivity contribution in [2.24, 2.45) is 0 Å². The van der Waals surface area contributed by atoms with Crippen molar-refractivity contribution in [3.8, 4) is 0 Å². The van der Waals surface area contributed by atoms with Crippen LogP contribution in [-0.4, -0.2) is 28.1 Å². The first-order valence-electron chi connectivity index (χ1n) is 5.41. The lowest BCUT2D eigenvalue weighted by Gasteiger charge is -2.26. The van der Waals surface area contributed by atoms with E-state index < -0.39 is 5.97 Å². The molecule has 2 amide bonds. The Labute approximate surface area is 98.1 Å². The van der Waals surface area contributed by atoms with Gasteiger partial charge in [-0.25, -0.2) is 9.59 Å². The van der Waals surface area contributed by atoms with Gasteiger partial charge in [-0.3, -0.25) is 4.98 Å². The number of aromatic carboxylic acids is 1. The van der Waals surface area contributed by atoms with E-state index >= 15 is 0 Å². The highest BCUT2D eigenvalue weighted by Crippen LogP contribution is 2.18. The molecular weight excluding hydrogens is 222 g/mol. The molecule has 6 heteroatoms. The Hall–Kier alpha value is -2.11. The number of hydrogen-bond acceptors (Lipinski definition) is 3. The number of nitrogens with one attached hydrogen (secondary N) is 2. The third kappa shape index (κ3) is 2.72. The number of urea groups is 1. The van der Waals surface area contributed by atoms with Crippen LogP contribution in [0, 0.1) is 0 Å². The van der Waals surface area contributed by atoms with Crippen LogP contribution in [0.3, 0.4) is 0 Å². The molecule has 1 aliphatic carbocycles. The molecule has 1 heterocycles. The van der Waals surface area contributed by atoms with Crippen molar-refractivity contribution in [1.82, 2.24) is 10.3 Å². The molecule has 2 rings (SSSR count). The lowest BCUT2D eigenvalue weighted by molar-refractivity contribution is 0.0698. The first-order chi connectivity index (χ1) is 8.16. The van der Waals surface area contributed by atoms with Gasteiger partial charge in [-0.15, -0.1) is 0 Å². The zero-order valence-corrected chi connectivity index (χ0v) is 9.14. The highest BCUT2D eigenvalue weighted by Gasteiger charge is 2.20. The predicted octanol–water partition coefficient (Wildman–Crippen LogP) is 1.45. The number of nitrogens with zero attached hydrogens (tertiary/aromatic N) is 1. The molecule has 1 fully saturated rings. The summed E-state index contributed by atoms with van der Waals surface area (Å²) in [5.74, 6) is -1.09. The molecule has 0 bridgehead atoms. The summed E-state index contributed by atoms with van der Waals surface area (Å²) < 4.78 is 0. The number of carboxylic acids is 1. The molecule has 0 aliphatic heterocycles. The Balaban J connectivity index is 2.01. The van der Waals surface area contributed by atoms with E-state index in [0.717, 1.165) is 19.3 Å². The first-order valence-corrected chi connectivity index (χ1v) is 5.41. The van der Waals surface area contributed by atoms with E-state index in [4.69, 9.17) is 5.11 Å². The Morgan fingerprint density at radius 2 is 2.18 bits per heavy atom. The molecule has 0 saturated heterocycles. The number of pyridine rings is 1. The largest absolute Gasteiger partial charge is 0.478 e. The van der Waals surface area contributed by atoms with Crippen LogP contribution in [0.1, 0.15) is 29.6 Å². The number of rotatable bonds is 3. The van der Waals surface area contributed by atoms with E-state index in [1.165, 1.54) is 18.5 Å². The number of anilines is 1. The highest BCUT2D eigenvalue weighted by atomic mass is 16.4. The maximum atomic E-state index is 11.5. The van der Waals surface area contributed by atoms with Crippen LogP contribution in [0.25, 0.3) is 0 Å². The highest BCUT2D eigenvalue weighted by molar-refractivity contribution is 5.99. The van der Waals surface area contributed by atoms with Gasteiger partial charge in [0, 0.05) is 12.2 Å². The fourth-order valence-corrected chi connectivity index (χ4v) is 1.58.